The lowest BCUT2D eigenvalue weighted by Gasteiger charge is -2.05. The minimum absolute atomic E-state index is 0.0191. The maximum atomic E-state index is 11.9. The smallest absolute Gasteiger partial charge is 0.251 e. The monoisotopic (exact) mass is 307 g/mol. The van der Waals surface area contributed by atoms with E-state index < -0.39 is 9.84 Å². The SMILES string of the molecule is CS(=O)(=O)Cc1ccc(C(=O)NCCc2cnc[nH]2)cc1. The fraction of sp³-hybridized carbons (Fsp3) is 0.286. The van der Waals surface area contributed by atoms with Crippen LogP contribution in [0, 0.1) is 0 Å². The molecule has 0 unspecified atom stereocenters. The van der Waals surface area contributed by atoms with E-state index in [-0.39, 0.29) is 11.7 Å². The van der Waals surface area contributed by atoms with Crippen molar-refractivity contribution in [3.63, 3.8) is 0 Å². The average Bonchev–Trinajstić information content (AvgIpc) is 2.91. The Balaban J connectivity index is 1.87. The molecule has 0 aliphatic carbocycles. The van der Waals surface area contributed by atoms with E-state index in [2.05, 4.69) is 15.3 Å². The number of carbonyl (C=O) groups excluding carboxylic acids is 1. The number of benzene rings is 1. The number of imidazole rings is 1. The standard InChI is InChI=1S/C14H17N3O3S/c1-21(19,20)9-11-2-4-12(5-3-11)14(18)16-7-6-13-8-15-10-17-13/h2-5,8,10H,6-7,9H2,1H3,(H,15,17)(H,16,18). The molecular weight excluding hydrogens is 290 g/mol. The number of hydrogen-bond donors (Lipinski definition) is 2. The second kappa shape index (κ2) is 6.53. The van der Waals surface area contributed by atoms with E-state index in [0.717, 1.165) is 5.69 Å². The summed E-state index contributed by atoms with van der Waals surface area (Å²) in [7, 11) is -3.06. The number of carbonyl (C=O) groups is 1. The van der Waals surface area contributed by atoms with Crippen molar-refractivity contribution >= 4 is 15.7 Å². The van der Waals surface area contributed by atoms with Crippen LogP contribution in [0.2, 0.25) is 0 Å². The zero-order chi connectivity index (χ0) is 15.3. The summed E-state index contributed by atoms with van der Waals surface area (Å²) < 4.78 is 22.4. The Morgan fingerprint density at radius 1 is 1.29 bits per heavy atom. The molecule has 2 N–H and O–H groups in total. The normalized spacial score (nSPS) is 11.3. The molecule has 112 valence electrons. The summed E-state index contributed by atoms with van der Waals surface area (Å²) in [6.07, 6.45) is 5.17. The summed E-state index contributed by atoms with van der Waals surface area (Å²) in [5, 5.41) is 2.80. The third-order valence-electron chi connectivity index (χ3n) is 2.88. The van der Waals surface area contributed by atoms with E-state index in [4.69, 9.17) is 0 Å². The highest BCUT2D eigenvalue weighted by atomic mass is 32.2. The Bertz CT molecular complexity index is 692. The van der Waals surface area contributed by atoms with Crippen molar-refractivity contribution < 1.29 is 13.2 Å². The number of rotatable bonds is 6. The quantitative estimate of drug-likeness (QED) is 0.830. The van der Waals surface area contributed by atoms with Crippen LogP contribution in [0.25, 0.3) is 0 Å². The van der Waals surface area contributed by atoms with Crippen LogP contribution in [0.4, 0.5) is 0 Å². The molecule has 1 aromatic carbocycles. The van der Waals surface area contributed by atoms with E-state index in [1.54, 1.807) is 36.8 Å². The van der Waals surface area contributed by atoms with E-state index in [1.807, 2.05) is 0 Å². The van der Waals surface area contributed by atoms with Crippen LogP contribution >= 0.6 is 0 Å². The van der Waals surface area contributed by atoms with Gasteiger partial charge in [-0.05, 0) is 17.7 Å². The Labute approximate surface area is 123 Å². The number of aromatic nitrogens is 2. The summed E-state index contributed by atoms with van der Waals surface area (Å²) in [5.74, 6) is -0.199. The van der Waals surface area contributed by atoms with Gasteiger partial charge in [0.1, 0.15) is 0 Å². The summed E-state index contributed by atoms with van der Waals surface area (Å²) in [4.78, 5) is 18.8. The van der Waals surface area contributed by atoms with Gasteiger partial charge in [0.15, 0.2) is 9.84 Å². The molecule has 2 aromatic rings. The predicted molar refractivity (Wildman–Crippen MR) is 79.6 cm³/mol. The maximum absolute atomic E-state index is 11.9. The number of nitrogens with one attached hydrogen (secondary N) is 2. The first-order chi connectivity index (χ1) is 9.94. The number of aromatic amines is 1. The van der Waals surface area contributed by atoms with Crippen LogP contribution in [0.1, 0.15) is 21.6 Å². The zero-order valence-corrected chi connectivity index (χ0v) is 12.5. The van der Waals surface area contributed by atoms with Crippen LogP contribution in [0.15, 0.2) is 36.8 Å². The van der Waals surface area contributed by atoms with Gasteiger partial charge in [0, 0.05) is 36.7 Å². The molecule has 7 heteroatoms. The topological polar surface area (TPSA) is 91.9 Å². The van der Waals surface area contributed by atoms with Crippen molar-refractivity contribution in [2.24, 2.45) is 0 Å². The summed E-state index contributed by atoms with van der Waals surface area (Å²) >= 11 is 0. The minimum Gasteiger partial charge on any atom is -0.352 e. The minimum atomic E-state index is -3.06. The summed E-state index contributed by atoms with van der Waals surface area (Å²) in [6, 6.07) is 6.58. The second-order valence-electron chi connectivity index (χ2n) is 4.85. The van der Waals surface area contributed by atoms with Crippen molar-refractivity contribution in [2.75, 3.05) is 12.8 Å². The third kappa shape index (κ3) is 5.03. The summed E-state index contributed by atoms with van der Waals surface area (Å²) in [6.45, 7) is 0.506. The van der Waals surface area contributed by atoms with E-state index in [0.29, 0.717) is 24.1 Å². The van der Waals surface area contributed by atoms with E-state index in [9.17, 15) is 13.2 Å². The van der Waals surface area contributed by atoms with Crippen LogP contribution < -0.4 is 5.32 Å². The van der Waals surface area contributed by atoms with Crippen molar-refractivity contribution in [1.29, 1.82) is 0 Å². The molecule has 0 radical (unpaired) electrons. The second-order valence-corrected chi connectivity index (χ2v) is 6.99. The first kappa shape index (κ1) is 15.2. The van der Waals surface area contributed by atoms with Gasteiger partial charge < -0.3 is 10.3 Å². The molecule has 0 fully saturated rings. The molecule has 0 aliphatic heterocycles. The predicted octanol–water partition coefficient (Wildman–Crippen LogP) is 0.927. The molecule has 1 aromatic heterocycles. The van der Waals surface area contributed by atoms with Gasteiger partial charge in [-0.25, -0.2) is 13.4 Å². The molecular formula is C14H17N3O3S. The van der Waals surface area contributed by atoms with Gasteiger partial charge in [0.2, 0.25) is 0 Å². The van der Waals surface area contributed by atoms with Gasteiger partial charge >= 0.3 is 0 Å². The lowest BCUT2D eigenvalue weighted by atomic mass is 10.1. The number of hydrogen-bond acceptors (Lipinski definition) is 4. The molecule has 0 aliphatic rings. The average molecular weight is 307 g/mol. The molecule has 1 heterocycles. The highest BCUT2D eigenvalue weighted by molar-refractivity contribution is 7.89. The zero-order valence-electron chi connectivity index (χ0n) is 11.7. The fourth-order valence-corrected chi connectivity index (χ4v) is 2.69. The molecule has 0 saturated heterocycles. The first-order valence-electron chi connectivity index (χ1n) is 6.46. The van der Waals surface area contributed by atoms with Crippen molar-refractivity contribution in [3.05, 3.63) is 53.6 Å². The molecule has 0 bridgehead atoms. The highest BCUT2D eigenvalue weighted by Crippen LogP contribution is 2.08. The van der Waals surface area contributed by atoms with Crippen LogP contribution in [0.3, 0.4) is 0 Å². The van der Waals surface area contributed by atoms with Gasteiger partial charge in [-0.1, -0.05) is 12.1 Å². The van der Waals surface area contributed by atoms with Gasteiger partial charge in [0.25, 0.3) is 5.91 Å². The largest absolute Gasteiger partial charge is 0.352 e. The molecule has 1 amide bonds. The fourth-order valence-electron chi connectivity index (χ4n) is 1.89. The maximum Gasteiger partial charge on any atom is 0.251 e. The summed E-state index contributed by atoms with van der Waals surface area (Å²) in [5.41, 5.74) is 2.14. The Morgan fingerprint density at radius 3 is 2.57 bits per heavy atom. The molecule has 0 saturated carbocycles. The van der Waals surface area contributed by atoms with Crippen molar-refractivity contribution in [3.8, 4) is 0 Å². The third-order valence-corrected chi connectivity index (χ3v) is 3.74. The van der Waals surface area contributed by atoms with E-state index >= 15 is 0 Å². The Morgan fingerprint density at radius 2 is 2.00 bits per heavy atom. The lowest BCUT2D eigenvalue weighted by molar-refractivity contribution is 0.0954. The molecule has 21 heavy (non-hydrogen) atoms. The van der Waals surface area contributed by atoms with Gasteiger partial charge in [0.05, 0.1) is 12.1 Å². The van der Waals surface area contributed by atoms with Gasteiger partial charge in [-0.2, -0.15) is 0 Å². The van der Waals surface area contributed by atoms with Crippen LogP contribution in [0.5, 0.6) is 0 Å². The van der Waals surface area contributed by atoms with Crippen molar-refractivity contribution in [1.82, 2.24) is 15.3 Å². The van der Waals surface area contributed by atoms with Gasteiger partial charge in [-0.3, -0.25) is 4.79 Å². The van der Waals surface area contributed by atoms with Crippen molar-refractivity contribution in [2.45, 2.75) is 12.2 Å². The number of H-pyrrole nitrogens is 1. The molecule has 0 atom stereocenters. The first-order valence-corrected chi connectivity index (χ1v) is 8.52. The molecule has 6 nitrogen and oxygen atoms in total. The van der Waals surface area contributed by atoms with Crippen LogP contribution in [-0.4, -0.2) is 37.1 Å². The van der Waals surface area contributed by atoms with Crippen LogP contribution in [-0.2, 0) is 22.0 Å². The van der Waals surface area contributed by atoms with Gasteiger partial charge in [-0.15, -0.1) is 0 Å². The number of nitrogens with zero attached hydrogens (tertiary/aromatic N) is 1. The molecule has 2 rings (SSSR count). The Hall–Kier alpha value is -2.15. The van der Waals surface area contributed by atoms with E-state index in [1.165, 1.54) is 6.26 Å². The molecule has 0 spiro atoms. The number of sulfone groups is 1. The Kier molecular flexibility index (Phi) is 4.74. The lowest BCUT2D eigenvalue weighted by Crippen LogP contribution is -2.25. The number of amides is 1. The highest BCUT2D eigenvalue weighted by Gasteiger charge is 2.08.